The zero-order chi connectivity index (χ0) is 5.82. The minimum absolute atomic E-state index is 0.950. The molecule has 36 valence electrons. The second-order valence-corrected chi connectivity index (χ2v) is 2.00. The fourth-order valence-corrected chi connectivity index (χ4v) is 0.877. The molecule has 1 aromatic rings. The maximum absolute atomic E-state index is 5.00. The van der Waals surface area contributed by atoms with Gasteiger partial charge < -0.3 is 0 Å². The van der Waals surface area contributed by atoms with Gasteiger partial charge in [0.05, 0.1) is 0 Å². The first-order chi connectivity index (χ1) is 3.93. The molecule has 8 heavy (non-hydrogen) atoms. The summed E-state index contributed by atoms with van der Waals surface area (Å²) < 4.78 is 5.00. The maximum atomic E-state index is 5.00. The average Bonchev–Trinajstić information content (AvgIpc) is 1.90. The van der Waals surface area contributed by atoms with Gasteiger partial charge in [-0.3, -0.25) is 0 Å². The van der Waals surface area contributed by atoms with Gasteiger partial charge in [-0.2, -0.15) is 0 Å². The van der Waals surface area contributed by atoms with Gasteiger partial charge in [-0.05, 0) is 0 Å². The Morgan fingerprint density at radius 2 is 1.75 bits per heavy atom. The second kappa shape index (κ2) is 2.97. The van der Waals surface area contributed by atoms with Crippen LogP contribution in [0.5, 0.6) is 5.75 Å². The van der Waals surface area contributed by atoms with Crippen molar-refractivity contribution in [2.45, 2.75) is 0 Å². The van der Waals surface area contributed by atoms with Crippen molar-refractivity contribution in [2.75, 3.05) is 0 Å². The van der Waals surface area contributed by atoms with Crippen LogP contribution in [0.1, 0.15) is 0 Å². The molecule has 0 aliphatic heterocycles. The fraction of sp³-hybridized carbons (Fsp3) is 0. The van der Waals surface area contributed by atoms with Crippen LogP contribution in [-0.4, -0.2) is 22.9 Å². The van der Waals surface area contributed by atoms with Crippen molar-refractivity contribution >= 4 is 22.9 Å². The van der Waals surface area contributed by atoms with Crippen LogP contribution < -0.4 is 3.07 Å². The summed E-state index contributed by atoms with van der Waals surface area (Å²) in [5.74, 6) is 0.950. The van der Waals surface area contributed by atoms with Crippen molar-refractivity contribution in [1.82, 2.24) is 0 Å². The Balaban J connectivity index is 2.83. The standard InChI is InChI=1S/C6H6O.Sn/c7-6-4-2-1-3-5-6;/h1-5,7H;/q;+4/p-1. The van der Waals surface area contributed by atoms with E-state index in [1.165, 1.54) is 0 Å². The van der Waals surface area contributed by atoms with Crippen LogP contribution in [0.2, 0.25) is 0 Å². The number of hydrogen-bond acceptors (Lipinski definition) is 1. The van der Waals surface area contributed by atoms with Crippen LogP contribution in [-0.2, 0) is 0 Å². The molecule has 0 saturated carbocycles. The van der Waals surface area contributed by atoms with E-state index in [2.05, 4.69) is 0 Å². The Morgan fingerprint density at radius 1 is 1.12 bits per heavy atom. The molecule has 1 nitrogen and oxygen atoms in total. The third kappa shape index (κ3) is 1.40. The van der Waals surface area contributed by atoms with E-state index in [4.69, 9.17) is 3.07 Å². The van der Waals surface area contributed by atoms with Crippen molar-refractivity contribution in [3.8, 4) is 5.75 Å². The molecule has 0 N–H and O–H groups in total. The summed E-state index contributed by atoms with van der Waals surface area (Å²) in [6.45, 7) is 0. The first-order valence-electron chi connectivity index (χ1n) is 2.32. The van der Waals surface area contributed by atoms with E-state index in [1.54, 1.807) is 0 Å². The van der Waals surface area contributed by atoms with E-state index in [0.29, 0.717) is 0 Å². The van der Waals surface area contributed by atoms with Crippen LogP contribution in [0.15, 0.2) is 30.3 Å². The van der Waals surface area contributed by atoms with Crippen LogP contribution in [0.3, 0.4) is 0 Å². The Bertz CT molecular complexity index is 150. The summed E-state index contributed by atoms with van der Waals surface area (Å²) >= 11 is 1.09. The molecule has 0 aliphatic rings. The van der Waals surface area contributed by atoms with Crippen LogP contribution in [0, 0.1) is 0 Å². The molecule has 0 fully saturated rings. The van der Waals surface area contributed by atoms with Crippen LogP contribution >= 0.6 is 0 Å². The zero-order valence-corrected chi connectivity index (χ0v) is 7.15. The number of benzene rings is 1. The van der Waals surface area contributed by atoms with Crippen molar-refractivity contribution < 1.29 is 3.07 Å². The third-order valence-electron chi connectivity index (χ3n) is 0.861. The van der Waals surface area contributed by atoms with Gasteiger partial charge in [0.25, 0.3) is 0 Å². The zero-order valence-electron chi connectivity index (χ0n) is 4.29. The molecular weight excluding hydrogens is 207 g/mol. The summed E-state index contributed by atoms with van der Waals surface area (Å²) in [7, 11) is 0. The van der Waals surface area contributed by atoms with Gasteiger partial charge in [0.2, 0.25) is 0 Å². The van der Waals surface area contributed by atoms with Crippen LogP contribution in [0.25, 0.3) is 0 Å². The summed E-state index contributed by atoms with van der Waals surface area (Å²) in [5.41, 5.74) is 0. The van der Waals surface area contributed by atoms with Gasteiger partial charge in [0.1, 0.15) is 0 Å². The minimum atomic E-state index is 0.950. The first-order valence-corrected chi connectivity index (χ1v) is 3.48. The summed E-state index contributed by atoms with van der Waals surface area (Å²) in [5, 5.41) is 0. The Labute approximate surface area is 62.3 Å². The molecule has 2 heteroatoms. The van der Waals surface area contributed by atoms with E-state index in [-0.39, 0.29) is 0 Å². The first kappa shape index (κ1) is 5.95. The van der Waals surface area contributed by atoms with E-state index >= 15 is 0 Å². The molecule has 0 aliphatic carbocycles. The second-order valence-electron chi connectivity index (χ2n) is 1.42. The molecule has 0 bridgehead atoms. The van der Waals surface area contributed by atoms with E-state index in [9.17, 15) is 0 Å². The van der Waals surface area contributed by atoms with Gasteiger partial charge in [-0.25, -0.2) is 0 Å². The SMILES string of the molecule is [Sn+3][O]c1ccccc1. The van der Waals surface area contributed by atoms with E-state index in [1.807, 2.05) is 30.3 Å². The number of para-hydroxylation sites is 1. The molecule has 0 radical (unpaired) electrons. The van der Waals surface area contributed by atoms with Crippen molar-refractivity contribution in [3.05, 3.63) is 30.3 Å². The molecule has 0 heterocycles. The monoisotopic (exact) mass is 213 g/mol. The molecule has 0 saturated heterocycles. The quantitative estimate of drug-likeness (QED) is 0.634. The van der Waals surface area contributed by atoms with Gasteiger partial charge >= 0.3 is 62.1 Å². The summed E-state index contributed by atoms with van der Waals surface area (Å²) in [4.78, 5) is 0. The molecule has 0 spiro atoms. The van der Waals surface area contributed by atoms with Crippen LogP contribution in [0.4, 0.5) is 0 Å². The average molecular weight is 212 g/mol. The van der Waals surface area contributed by atoms with Crippen molar-refractivity contribution in [3.63, 3.8) is 0 Å². The Morgan fingerprint density at radius 3 is 2.12 bits per heavy atom. The molecule has 0 unspecified atom stereocenters. The molecular formula is C6H5OSn+3. The third-order valence-corrected chi connectivity index (χ3v) is 1.53. The van der Waals surface area contributed by atoms with Gasteiger partial charge in [0, 0.05) is 0 Å². The van der Waals surface area contributed by atoms with Gasteiger partial charge in [0.15, 0.2) is 0 Å². The molecule has 0 aromatic heterocycles. The number of hydrogen-bond donors (Lipinski definition) is 0. The van der Waals surface area contributed by atoms with Crippen molar-refractivity contribution in [1.29, 1.82) is 0 Å². The summed E-state index contributed by atoms with van der Waals surface area (Å²) in [6, 6.07) is 9.76. The van der Waals surface area contributed by atoms with Crippen molar-refractivity contribution in [2.24, 2.45) is 0 Å². The van der Waals surface area contributed by atoms with E-state index in [0.717, 1.165) is 28.7 Å². The molecule has 1 aromatic carbocycles. The fourth-order valence-electron chi connectivity index (χ4n) is 0.489. The molecule has 1 rings (SSSR count). The molecule has 0 amide bonds. The normalized spacial score (nSPS) is 8.75. The topological polar surface area (TPSA) is 9.23 Å². The predicted octanol–water partition coefficient (Wildman–Crippen LogP) is 1.15. The van der Waals surface area contributed by atoms with Gasteiger partial charge in [-0.15, -0.1) is 0 Å². The molecule has 0 atom stereocenters. The summed E-state index contributed by atoms with van der Waals surface area (Å²) in [6.07, 6.45) is 0. The Kier molecular flexibility index (Phi) is 2.21. The van der Waals surface area contributed by atoms with E-state index < -0.39 is 0 Å². The van der Waals surface area contributed by atoms with Gasteiger partial charge in [-0.1, -0.05) is 0 Å². The Hall–Kier alpha value is -0.181. The predicted molar refractivity (Wildman–Crippen MR) is 32.8 cm³/mol. The number of rotatable bonds is 1.